The van der Waals surface area contributed by atoms with Crippen LogP contribution in [0.15, 0.2) is 52.6 Å². The number of hydrogen-bond donors (Lipinski definition) is 0. The van der Waals surface area contributed by atoms with E-state index in [9.17, 15) is 18.5 Å². The molecule has 0 N–H and O–H groups in total. The fourth-order valence-corrected chi connectivity index (χ4v) is 5.63. The summed E-state index contributed by atoms with van der Waals surface area (Å²) in [5.74, 6) is 0.704. The lowest BCUT2D eigenvalue weighted by Crippen LogP contribution is -2.26. The molecule has 0 aliphatic rings. The highest BCUT2D eigenvalue weighted by Crippen LogP contribution is 2.38. The summed E-state index contributed by atoms with van der Waals surface area (Å²) in [6, 6.07) is 8.02. The number of hydrogen-bond acceptors (Lipinski definition) is 9. The van der Waals surface area contributed by atoms with Gasteiger partial charge in [-0.3, -0.25) is 10.1 Å². The molecule has 2 aromatic heterocycles. The van der Waals surface area contributed by atoms with Crippen LogP contribution in [0, 0.1) is 10.1 Å². The van der Waals surface area contributed by atoms with Gasteiger partial charge in [-0.1, -0.05) is 18.3 Å². The maximum absolute atomic E-state index is 13.2. The Kier molecular flexibility index (Phi) is 8.10. The maximum atomic E-state index is 13.2. The van der Waals surface area contributed by atoms with Crippen molar-refractivity contribution in [1.82, 2.24) is 4.98 Å². The predicted molar refractivity (Wildman–Crippen MR) is 123 cm³/mol. The summed E-state index contributed by atoms with van der Waals surface area (Å²) in [5.41, 5.74) is 0.924. The van der Waals surface area contributed by atoms with Gasteiger partial charge in [-0.15, -0.1) is 11.6 Å². The highest BCUT2D eigenvalue weighted by atomic mass is 35.5. The number of alkyl halides is 1. The highest BCUT2D eigenvalue weighted by Gasteiger charge is 2.37. The van der Waals surface area contributed by atoms with E-state index >= 15 is 0 Å². The van der Waals surface area contributed by atoms with Crippen molar-refractivity contribution in [2.24, 2.45) is 0 Å². The molecule has 3 aromatic rings. The van der Waals surface area contributed by atoms with Crippen LogP contribution in [0.3, 0.4) is 0 Å². The predicted octanol–water partition coefficient (Wildman–Crippen LogP) is 4.79. The van der Waals surface area contributed by atoms with Crippen LogP contribution in [-0.2, 0) is 16.5 Å². The number of nitrogens with zero attached hydrogens (tertiary/aromatic N) is 3. The number of rotatable bonds is 12. The average molecular weight is 500 g/mol. The molecular weight excluding hydrogens is 478 g/mol. The van der Waals surface area contributed by atoms with Gasteiger partial charge in [0, 0.05) is 31.1 Å². The van der Waals surface area contributed by atoms with Crippen molar-refractivity contribution in [3.05, 3.63) is 69.7 Å². The smallest absolute Gasteiger partial charge is 0.328 e. The summed E-state index contributed by atoms with van der Waals surface area (Å²) < 4.78 is 36.9. The van der Waals surface area contributed by atoms with Gasteiger partial charge in [-0.2, -0.15) is 8.42 Å². The lowest BCUT2D eigenvalue weighted by molar-refractivity contribution is -0.380. The van der Waals surface area contributed by atoms with Crippen LogP contribution >= 0.6 is 22.9 Å². The molecule has 0 saturated heterocycles. The Hall–Kier alpha value is -2.63. The van der Waals surface area contributed by atoms with Gasteiger partial charge in [-0.25, -0.2) is 4.98 Å². The summed E-state index contributed by atoms with van der Waals surface area (Å²) in [6.07, 6.45) is 3.42. The first-order valence-corrected chi connectivity index (χ1v) is 12.7. The Labute approximate surface area is 194 Å². The lowest BCUT2D eigenvalue weighted by Gasteiger charge is -2.23. The number of nitro groups is 1. The zero-order valence-electron chi connectivity index (χ0n) is 17.2. The van der Waals surface area contributed by atoms with E-state index in [1.807, 2.05) is 0 Å². The van der Waals surface area contributed by atoms with E-state index in [4.69, 9.17) is 20.2 Å². The maximum Gasteiger partial charge on any atom is 0.328 e. The van der Waals surface area contributed by atoms with Crippen molar-refractivity contribution in [3.8, 4) is 5.75 Å². The van der Waals surface area contributed by atoms with E-state index < -0.39 is 20.3 Å². The van der Waals surface area contributed by atoms with Gasteiger partial charge in [0.15, 0.2) is 5.89 Å². The van der Waals surface area contributed by atoms with Gasteiger partial charge in [0.2, 0.25) is 0 Å². The second-order valence-corrected chi connectivity index (χ2v) is 9.80. The number of benzene rings is 1. The van der Waals surface area contributed by atoms with E-state index in [0.717, 1.165) is 30.0 Å². The number of thiophene rings is 1. The Morgan fingerprint density at radius 1 is 1.28 bits per heavy atom. The molecule has 32 heavy (non-hydrogen) atoms. The van der Waals surface area contributed by atoms with E-state index in [1.54, 1.807) is 24.3 Å². The van der Waals surface area contributed by atoms with Crippen LogP contribution in [0.1, 0.15) is 30.0 Å². The van der Waals surface area contributed by atoms with Crippen molar-refractivity contribution in [2.45, 2.75) is 25.0 Å². The minimum Gasteiger partial charge on any atom is -0.449 e. The molecule has 0 spiro atoms. The first-order valence-electron chi connectivity index (χ1n) is 9.80. The van der Waals surface area contributed by atoms with Crippen LogP contribution in [0.5, 0.6) is 5.75 Å². The largest absolute Gasteiger partial charge is 0.449 e. The number of halogens is 1. The van der Waals surface area contributed by atoms with Crippen molar-refractivity contribution in [3.63, 3.8) is 0 Å². The second kappa shape index (κ2) is 10.8. The molecule has 172 valence electrons. The number of anilines is 1. The Bertz CT molecular complexity index is 1110. The molecule has 0 radical (unpaired) electrons. The number of oxazole rings is 1. The number of aromatic nitrogens is 1. The fourth-order valence-electron chi connectivity index (χ4n) is 3.23. The van der Waals surface area contributed by atoms with Crippen molar-refractivity contribution in [2.75, 3.05) is 23.9 Å². The molecule has 12 heteroatoms. The molecule has 0 aliphatic carbocycles. The lowest BCUT2D eigenvalue weighted by atomic mass is 10.1. The second-order valence-electron chi connectivity index (χ2n) is 6.80. The normalized spacial score (nSPS) is 12.4. The van der Waals surface area contributed by atoms with Gasteiger partial charge in [0.05, 0.1) is 16.7 Å². The third-order valence-corrected chi connectivity index (χ3v) is 7.23. The van der Waals surface area contributed by atoms with E-state index in [-0.39, 0.29) is 28.6 Å². The first-order chi connectivity index (χ1) is 15.4. The van der Waals surface area contributed by atoms with E-state index in [0.29, 0.717) is 12.4 Å². The summed E-state index contributed by atoms with van der Waals surface area (Å²) in [5, 5.41) is 11.3. The van der Waals surface area contributed by atoms with Gasteiger partial charge >= 0.3 is 15.1 Å². The minimum atomic E-state index is -4.32. The molecular formula is C20H22ClN3O6S2. The van der Waals surface area contributed by atoms with Crippen LogP contribution in [0.25, 0.3) is 0 Å². The molecule has 2 heterocycles. The molecule has 0 saturated carbocycles. The third-order valence-electron chi connectivity index (χ3n) is 4.64. The molecule has 1 atom stereocenters. The van der Waals surface area contributed by atoms with Crippen LogP contribution in [-0.4, -0.2) is 37.3 Å². The zero-order valence-corrected chi connectivity index (χ0v) is 19.6. The summed E-state index contributed by atoms with van der Waals surface area (Å²) in [6.45, 7) is 3.53. The molecule has 0 bridgehead atoms. The van der Waals surface area contributed by atoms with Gasteiger partial charge in [-0.05, 0) is 42.1 Å². The topological polar surface area (TPSA) is 116 Å². The summed E-state index contributed by atoms with van der Waals surface area (Å²) >= 11 is 6.72. The highest BCUT2D eigenvalue weighted by molar-refractivity contribution is 7.87. The quantitative estimate of drug-likeness (QED) is 0.151. The van der Waals surface area contributed by atoms with Gasteiger partial charge in [0.25, 0.3) is 0 Å². The third kappa shape index (κ3) is 5.78. The van der Waals surface area contributed by atoms with Crippen LogP contribution < -0.4 is 9.08 Å². The van der Waals surface area contributed by atoms with Crippen molar-refractivity contribution >= 4 is 43.7 Å². The van der Waals surface area contributed by atoms with Crippen LogP contribution in [0.2, 0.25) is 0 Å². The summed E-state index contributed by atoms with van der Waals surface area (Å²) in [4.78, 5) is 16.9. The monoisotopic (exact) mass is 499 g/mol. The molecule has 1 aromatic carbocycles. The molecule has 9 nitrogen and oxygen atoms in total. The van der Waals surface area contributed by atoms with Gasteiger partial charge < -0.3 is 13.5 Å². The molecule has 3 rings (SSSR count). The standard InChI is InChI=1S/C20H22ClN3O6S2/c1-2-10-23(11-8-21)15-3-5-16(6-4-15)30-32(27,28)18(14-19-22-9-12-29-19)17-7-13-31-20(17)24(25)26/h3-7,9,12-13,18H,2,8,10-11,14H2,1H3. The molecule has 1 unspecified atom stereocenters. The summed E-state index contributed by atoms with van der Waals surface area (Å²) in [7, 11) is -4.32. The Morgan fingerprint density at radius 2 is 2.03 bits per heavy atom. The fraction of sp³-hybridized carbons (Fsp3) is 0.350. The molecule has 0 aliphatic heterocycles. The van der Waals surface area contributed by atoms with Gasteiger partial charge in [0.1, 0.15) is 17.3 Å². The van der Waals surface area contributed by atoms with Crippen molar-refractivity contribution < 1.29 is 21.9 Å². The first kappa shape index (κ1) is 24.0. The van der Waals surface area contributed by atoms with E-state index in [1.165, 1.54) is 23.9 Å². The Balaban J connectivity index is 1.88. The Morgan fingerprint density at radius 3 is 2.62 bits per heavy atom. The van der Waals surface area contributed by atoms with Crippen LogP contribution in [0.4, 0.5) is 10.7 Å². The van der Waals surface area contributed by atoms with E-state index in [2.05, 4.69) is 16.8 Å². The molecule has 0 amide bonds. The average Bonchev–Trinajstić information content (AvgIpc) is 3.44. The zero-order chi connectivity index (χ0) is 23.1. The van der Waals surface area contributed by atoms with Crippen molar-refractivity contribution in [1.29, 1.82) is 0 Å². The minimum absolute atomic E-state index is 0.0334. The SMILES string of the molecule is CCCN(CCCl)c1ccc(OS(=O)(=O)C(Cc2ncco2)c2ccsc2[N+](=O)[O-])cc1. The molecule has 0 fully saturated rings.